The molecule has 0 bridgehead atoms. The largest absolute Gasteiger partial charge is 0.383 e. The van der Waals surface area contributed by atoms with Crippen LogP contribution in [0.2, 0.25) is 0 Å². The lowest BCUT2D eigenvalue weighted by molar-refractivity contribution is 0.0624. The fourth-order valence-electron chi connectivity index (χ4n) is 2.43. The molecule has 1 amide bonds. The Hall–Kier alpha value is -0.520. The van der Waals surface area contributed by atoms with Gasteiger partial charge >= 0.3 is 0 Å². The van der Waals surface area contributed by atoms with Crippen molar-refractivity contribution in [2.45, 2.75) is 19.4 Å². The Kier molecular flexibility index (Phi) is 5.93. The molecule has 0 spiro atoms. The number of carbonyl (C=O) groups excluding carboxylic acids is 1. The highest BCUT2D eigenvalue weighted by atomic mass is 79.9. The van der Waals surface area contributed by atoms with Crippen LogP contribution >= 0.6 is 27.7 Å². The van der Waals surface area contributed by atoms with Crippen molar-refractivity contribution in [3.05, 3.63) is 33.8 Å². The minimum Gasteiger partial charge on any atom is -0.383 e. The summed E-state index contributed by atoms with van der Waals surface area (Å²) in [7, 11) is 1.68. The summed E-state index contributed by atoms with van der Waals surface area (Å²) in [5, 5.41) is 0. The van der Waals surface area contributed by atoms with E-state index in [2.05, 4.69) is 15.9 Å². The molecule has 1 aromatic carbocycles. The summed E-state index contributed by atoms with van der Waals surface area (Å²) in [5.74, 6) is 2.28. The zero-order valence-corrected chi connectivity index (χ0v) is 14.3. The van der Waals surface area contributed by atoms with Crippen LogP contribution in [0.15, 0.2) is 22.7 Å². The summed E-state index contributed by atoms with van der Waals surface area (Å²) in [4.78, 5) is 14.8. The molecule has 1 aromatic rings. The van der Waals surface area contributed by atoms with Crippen molar-refractivity contribution < 1.29 is 9.53 Å². The number of thioether (sulfide) groups is 1. The lowest BCUT2D eigenvalue weighted by Gasteiger charge is -2.28. The molecule has 1 aliphatic heterocycles. The first-order valence-electron chi connectivity index (χ1n) is 6.76. The van der Waals surface area contributed by atoms with Gasteiger partial charge in [-0.1, -0.05) is 15.9 Å². The summed E-state index contributed by atoms with van der Waals surface area (Å²) in [6.45, 7) is 3.25. The predicted octanol–water partition coefficient (Wildman–Crippen LogP) is 3.35. The van der Waals surface area contributed by atoms with Crippen LogP contribution in [0.4, 0.5) is 0 Å². The third-order valence-electron chi connectivity index (χ3n) is 3.43. The Balaban J connectivity index is 2.19. The van der Waals surface area contributed by atoms with Crippen molar-refractivity contribution in [2.24, 2.45) is 0 Å². The smallest absolute Gasteiger partial charge is 0.254 e. The first kappa shape index (κ1) is 15.9. The van der Waals surface area contributed by atoms with E-state index < -0.39 is 0 Å². The highest BCUT2D eigenvalue weighted by molar-refractivity contribution is 9.10. The van der Waals surface area contributed by atoms with E-state index in [1.165, 1.54) is 0 Å². The zero-order chi connectivity index (χ0) is 14.5. The average Bonchev–Trinajstić information content (AvgIpc) is 2.91. The van der Waals surface area contributed by atoms with Crippen LogP contribution in [0.1, 0.15) is 22.3 Å². The molecule has 0 aromatic heterocycles. The summed E-state index contributed by atoms with van der Waals surface area (Å²) in [6, 6.07) is 6.20. The van der Waals surface area contributed by atoms with Gasteiger partial charge in [-0.05, 0) is 42.9 Å². The van der Waals surface area contributed by atoms with E-state index in [1.807, 2.05) is 41.8 Å². The normalized spacial score (nSPS) is 18.2. The van der Waals surface area contributed by atoms with E-state index in [9.17, 15) is 4.79 Å². The second kappa shape index (κ2) is 7.48. The molecule has 0 aliphatic carbocycles. The number of ether oxygens (including phenoxy) is 1. The maximum atomic E-state index is 12.8. The first-order valence-corrected chi connectivity index (χ1v) is 8.71. The molecule has 1 atom stereocenters. The molecule has 1 aliphatic rings. The lowest BCUT2D eigenvalue weighted by Crippen LogP contribution is -2.42. The van der Waals surface area contributed by atoms with Gasteiger partial charge < -0.3 is 9.64 Å². The van der Waals surface area contributed by atoms with Gasteiger partial charge in [0.2, 0.25) is 0 Å². The number of amides is 1. The van der Waals surface area contributed by atoms with Gasteiger partial charge in [-0.3, -0.25) is 4.79 Å². The Morgan fingerprint density at radius 3 is 2.90 bits per heavy atom. The van der Waals surface area contributed by atoms with Crippen LogP contribution in [0.3, 0.4) is 0 Å². The maximum Gasteiger partial charge on any atom is 0.254 e. The maximum absolute atomic E-state index is 12.8. The molecule has 0 saturated carbocycles. The number of aryl methyl sites for hydroxylation is 1. The molecule has 1 saturated heterocycles. The fraction of sp³-hybridized carbons (Fsp3) is 0.533. The Labute approximate surface area is 133 Å². The highest BCUT2D eigenvalue weighted by Crippen LogP contribution is 2.25. The summed E-state index contributed by atoms with van der Waals surface area (Å²) in [6.07, 6.45) is 1.08. The highest BCUT2D eigenvalue weighted by Gasteiger charge is 2.27. The summed E-state index contributed by atoms with van der Waals surface area (Å²) >= 11 is 5.39. The molecule has 20 heavy (non-hydrogen) atoms. The number of benzene rings is 1. The fourth-order valence-corrected chi connectivity index (χ4v) is 4.26. The second-order valence-electron chi connectivity index (χ2n) is 5.03. The van der Waals surface area contributed by atoms with Crippen LogP contribution in [0.5, 0.6) is 0 Å². The number of nitrogens with zero attached hydrogens (tertiary/aromatic N) is 1. The molecular weight excluding hydrogens is 338 g/mol. The number of carbonyl (C=O) groups is 1. The number of hydrogen-bond donors (Lipinski definition) is 0. The quantitative estimate of drug-likeness (QED) is 0.809. The molecule has 5 heteroatoms. The van der Waals surface area contributed by atoms with Crippen LogP contribution in [0, 0.1) is 6.92 Å². The molecule has 1 unspecified atom stereocenters. The average molecular weight is 358 g/mol. The number of hydrogen-bond acceptors (Lipinski definition) is 3. The number of methoxy groups -OCH3 is 1. The van der Waals surface area contributed by atoms with Gasteiger partial charge in [-0.25, -0.2) is 0 Å². The van der Waals surface area contributed by atoms with Gasteiger partial charge in [0.25, 0.3) is 5.91 Å². The summed E-state index contributed by atoms with van der Waals surface area (Å²) < 4.78 is 6.11. The topological polar surface area (TPSA) is 29.5 Å². The van der Waals surface area contributed by atoms with Gasteiger partial charge in [0.05, 0.1) is 6.61 Å². The van der Waals surface area contributed by atoms with E-state index in [-0.39, 0.29) is 5.91 Å². The van der Waals surface area contributed by atoms with E-state index in [1.54, 1.807) is 7.11 Å². The van der Waals surface area contributed by atoms with Crippen molar-refractivity contribution in [1.29, 1.82) is 0 Å². The third-order valence-corrected chi connectivity index (χ3v) is 5.04. The molecule has 2 rings (SSSR count). The Morgan fingerprint density at radius 2 is 2.30 bits per heavy atom. The molecule has 1 fully saturated rings. The van der Waals surface area contributed by atoms with Gasteiger partial charge in [-0.2, -0.15) is 11.8 Å². The van der Waals surface area contributed by atoms with Gasteiger partial charge in [0, 0.05) is 35.5 Å². The van der Waals surface area contributed by atoms with E-state index in [4.69, 9.17) is 4.74 Å². The van der Waals surface area contributed by atoms with Gasteiger partial charge in [0.1, 0.15) is 0 Å². The molecule has 1 heterocycles. The monoisotopic (exact) mass is 357 g/mol. The molecule has 3 nitrogen and oxygen atoms in total. The number of halogens is 1. The lowest BCUT2D eigenvalue weighted by atomic mass is 10.1. The molecule has 110 valence electrons. The minimum absolute atomic E-state index is 0.110. The minimum atomic E-state index is 0.110. The van der Waals surface area contributed by atoms with Gasteiger partial charge in [-0.15, -0.1) is 0 Å². The number of rotatable bonds is 5. The Bertz CT molecular complexity index is 455. The standard InChI is InChI=1S/C15H20BrNO2S/c1-11-7-12(9-13(16)8-11)15(18)17(4-5-19-2)14-3-6-20-10-14/h7-9,14H,3-6,10H2,1-2H3. The van der Waals surface area contributed by atoms with Crippen molar-refractivity contribution in [1.82, 2.24) is 4.90 Å². The van der Waals surface area contributed by atoms with Crippen LogP contribution in [-0.4, -0.2) is 48.6 Å². The third kappa shape index (κ3) is 3.99. The molecule has 0 N–H and O–H groups in total. The second-order valence-corrected chi connectivity index (χ2v) is 7.09. The zero-order valence-electron chi connectivity index (χ0n) is 11.9. The predicted molar refractivity (Wildman–Crippen MR) is 87.5 cm³/mol. The van der Waals surface area contributed by atoms with Crippen molar-refractivity contribution in [3.8, 4) is 0 Å². The Morgan fingerprint density at radius 1 is 1.50 bits per heavy atom. The van der Waals surface area contributed by atoms with Gasteiger partial charge in [0.15, 0.2) is 0 Å². The van der Waals surface area contributed by atoms with Crippen LogP contribution in [-0.2, 0) is 4.74 Å². The van der Waals surface area contributed by atoms with Crippen molar-refractivity contribution in [3.63, 3.8) is 0 Å². The van der Waals surface area contributed by atoms with Crippen molar-refractivity contribution in [2.75, 3.05) is 31.8 Å². The molecular formula is C15H20BrNO2S. The van der Waals surface area contributed by atoms with Crippen LogP contribution in [0.25, 0.3) is 0 Å². The van der Waals surface area contributed by atoms with E-state index in [0.29, 0.717) is 19.2 Å². The van der Waals surface area contributed by atoms with E-state index in [0.717, 1.165) is 33.5 Å². The van der Waals surface area contributed by atoms with Crippen LogP contribution < -0.4 is 0 Å². The van der Waals surface area contributed by atoms with E-state index >= 15 is 0 Å². The van der Waals surface area contributed by atoms with Crippen molar-refractivity contribution >= 4 is 33.6 Å². The first-order chi connectivity index (χ1) is 9.61. The SMILES string of the molecule is COCCN(C(=O)c1cc(C)cc(Br)c1)C1CCSC1. The molecule has 0 radical (unpaired) electrons. The summed E-state index contributed by atoms with van der Waals surface area (Å²) in [5.41, 5.74) is 1.85.